The van der Waals surface area contributed by atoms with Gasteiger partial charge in [0.25, 0.3) is 5.91 Å². The van der Waals surface area contributed by atoms with Crippen molar-refractivity contribution in [2.75, 3.05) is 5.32 Å². The molecule has 2 N–H and O–H groups in total. The minimum absolute atomic E-state index is 0.0263. The monoisotopic (exact) mass is 318 g/mol. The molecule has 0 aromatic heterocycles. The van der Waals surface area contributed by atoms with Gasteiger partial charge in [0.2, 0.25) is 0 Å². The molecule has 0 fully saturated rings. The summed E-state index contributed by atoms with van der Waals surface area (Å²) in [6.07, 6.45) is 6.02. The number of fused-ring (bicyclic) bond motifs is 1. The van der Waals surface area contributed by atoms with Crippen LogP contribution in [0.3, 0.4) is 0 Å². The molecule has 0 saturated heterocycles. The Morgan fingerprint density at radius 2 is 1.79 bits per heavy atom. The van der Waals surface area contributed by atoms with E-state index in [1.165, 1.54) is 42.2 Å². The molecule has 4 nitrogen and oxygen atoms in total. The van der Waals surface area contributed by atoms with E-state index in [0.717, 1.165) is 12.8 Å². The van der Waals surface area contributed by atoms with Crippen molar-refractivity contribution in [2.45, 2.75) is 25.7 Å². The number of rotatable bonds is 3. The van der Waals surface area contributed by atoms with Gasteiger partial charge in [-0.2, -0.15) is 5.26 Å². The second kappa shape index (κ2) is 7.01. The molecule has 0 atom stereocenters. The number of anilines is 1. The third-order valence-corrected chi connectivity index (χ3v) is 4.18. The Kier molecular flexibility index (Phi) is 4.62. The van der Waals surface area contributed by atoms with E-state index in [1.807, 2.05) is 18.2 Å². The molecule has 0 saturated carbocycles. The van der Waals surface area contributed by atoms with Crippen molar-refractivity contribution < 1.29 is 9.90 Å². The van der Waals surface area contributed by atoms with E-state index >= 15 is 0 Å². The lowest BCUT2D eigenvalue weighted by atomic mass is 9.91. The predicted molar refractivity (Wildman–Crippen MR) is 93.4 cm³/mol. The summed E-state index contributed by atoms with van der Waals surface area (Å²) in [6.45, 7) is 0. The van der Waals surface area contributed by atoms with E-state index in [0.29, 0.717) is 11.3 Å². The molecule has 2 aromatic rings. The Balaban J connectivity index is 1.77. The van der Waals surface area contributed by atoms with Gasteiger partial charge in [-0.1, -0.05) is 18.2 Å². The van der Waals surface area contributed by atoms with Gasteiger partial charge in [0.05, 0.1) is 0 Å². The number of carbonyl (C=O) groups excluding carboxylic acids is 1. The predicted octanol–water partition coefficient (Wildman–Crippen LogP) is 3.82. The molecular formula is C20H18N2O2. The first-order valence-corrected chi connectivity index (χ1v) is 8.00. The van der Waals surface area contributed by atoms with Crippen LogP contribution in [0.15, 0.2) is 48.0 Å². The van der Waals surface area contributed by atoms with E-state index in [1.54, 1.807) is 12.1 Å². The number of benzene rings is 2. The summed E-state index contributed by atoms with van der Waals surface area (Å²) in [6, 6.07) is 14.2. The number of carbonyl (C=O) groups is 1. The zero-order valence-corrected chi connectivity index (χ0v) is 13.2. The van der Waals surface area contributed by atoms with Gasteiger partial charge in [0.15, 0.2) is 0 Å². The Morgan fingerprint density at radius 1 is 1.08 bits per heavy atom. The van der Waals surface area contributed by atoms with Crippen molar-refractivity contribution in [3.8, 4) is 11.8 Å². The fourth-order valence-electron chi connectivity index (χ4n) is 2.90. The third kappa shape index (κ3) is 3.64. The maximum Gasteiger partial charge on any atom is 0.266 e. The molecule has 1 aliphatic carbocycles. The average molecular weight is 318 g/mol. The molecule has 120 valence electrons. The summed E-state index contributed by atoms with van der Waals surface area (Å²) >= 11 is 0. The SMILES string of the molecule is N#C/C(=C\c1ccc(O)cc1)C(=O)Nc1ccc2c(c1)CCCC2. The number of phenols is 1. The molecule has 4 heteroatoms. The lowest BCUT2D eigenvalue weighted by Gasteiger charge is -2.16. The highest BCUT2D eigenvalue weighted by Gasteiger charge is 2.13. The van der Waals surface area contributed by atoms with Crippen LogP contribution in [0, 0.1) is 11.3 Å². The highest BCUT2D eigenvalue weighted by atomic mass is 16.3. The molecule has 24 heavy (non-hydrogen) atoms. The molecular weight excluding hydrogens is 300 g/mol. The number of amides is 1. The van der Waals surface area contributed by atoms with E-state index in [9.17, 15) is 15.2 Å². The summed E-state index contributed by atoms with van der Waals surface area (Å²) in [4.78, 5) is 12.3. The lowest BCUT2D eigenvalue weighted by Crippen LogP contribution is -2.14. The Labute approximate surface area is 141 Å². The molecule has 0 aliphatic heterocycles. The van der Waals surface area contributed by atoms with Crippen LogP contribution in [0.1, 0.15) is 29.5 Å². The zero-order chi connectivity index (χ0) is 16.9. The standard InChI is InChI=1S/C20H18N2O2/c21-13-17(11-14-5-9-19(23)10-6-14)20(24)22-18-8-7-15-3-1-2-4-16(15)12-18/h5-12,23H,1-4H2,(H,22,24)/b17-11+. The minimum atomic E-state index is -0.429. The summed E-state index contributed by atoms with van der Waals surface area (Å²) in [5.41, 5.74) is 4.05. The maximum atomic E-state index is 12.3. The number of nitriles is 1. The van der Waals surface area contributed by atoms with Crippen molar-refractivity contribution in [1.82, 2.24) is 0 Å². The van der Waals surface area contributed by atoms with E-state index in [2.05, 4.69) is 11.4 Å². The summed E-state index contributed by atoms with van der Waals surface area (Å²) in [7, 11) is 0. The van der Waals surface area contributed by atoms with E-state index in [-0.39, 0.29) is 11.3 Å². The highest BCUT2D eigenvalue weighted by Crippen LogP contribution is 2.24. The van der Waals surface area contributed by atoms with Crippen LogP contribution in [0.4, 0.5) is 5.69 Å². The van der Waals surface area contributed by atoms with Crippen molar-refractivity contribution >= 4 is 17.7 Å². The van der Waals surface area contributed by atoms with Gasteiger partial charge < -0.3 is 10.4 Å². The molecule has 1 amide bonds. The molecule has 0 radical (unpaired) electrons. The van der Waals surface area contributed by atoms with Crippen molar-refractivity contribution in [3.63, 3.8) is 0 Å². The van der Waals surface area contributed by atoms with Crippen LogP contribution in [0.25, 0.3) is 6.08 Å². The number of aryl methyl sites for hydroxylation is 2. The van der Waals surface area contributed by atoms with Crippen LogP contribution in [-0.4, -0.2) is 11.0 Å². The number of hydrogen-bond donors (Lipinski definition) is 2. The molecule has 0 unspecified atom stereocenters. The summed E-state index contributed by atoms with van der Waals surface area (Å²) in [5.74, 6) is -0.287. The van der Waals surface area contributed by atoms with E-state index in [4.69, 9.17) is 0 Å². The highest BCUT2D eigenvalue weighted by molar-refractivity contribution is 6.09. The Morgan fingerprint density at radius 3 is 2.50 bits per heavy atom. The van der Waals surface area contributed by atoms with Gasteiger partial charge in [0.1, 0.15) is 17.4 Å². The zero-order valence-electron chi connectivity index (χ0n) is 13.2. The second-order valence-electron chi connectivity index (χ2n) is 5.91. The quantitative estimate of drug-likeness (QED) is 0.667. The largest absolute Gasteiger partial charge is 0.508 e. The fraction of sp³-hybridized carbons (Fsp3) is 0.200. The normalized spacial score (nSPS) is 13.7. The van der Waals surface area contributed by atoms with Gasteiger partial charge >= 0.3 is 0 Å². The van der Waals surface area contributed by atoms with Crippen LogP contribution in [0.2, 0.25) is 0 Å². The first-order chi connectivity index (χ1) is 11.7. The second-order valence-corrected chi connectivity index (χ2v) is 5.91. The van der Waals surface area contributed by atoms with Crippen LogP contribution < -0.4 is 5.32 Å². The van der Waals surface area contributed by atoms with Gasteiger partial charge in [-0.05, 0) is 72.7 Å². The molecule has 0 spiro atoms. The van der Waals surface area contributed by atoms with E-state index < -0.39 is 5.91 Å². The van der Waals surface area contributed by atoms with Crippen molar-refractivity contribution in [2.24, 2.45) is 0 Å². The van der Waals surface area contributed by atoms with Gasteiger partial charge in [-0.15, -0.1) is 0 Å². The van der Waals surface area contributed by atoms with Gasteiger partial charge in [-0.3, -0.25) is 4.79 Å². The number of nitrogens with one attached hydrogen (secondary N) is 1. The van der Waals surface area contributed by atoms with Crippen LogP contribution in [-0.2, 0) is 17.6 Å². The molecule has 1 aliphatic rings. The lowest BCUT2D eigenvalue weighted by molar-refractivity contribution is -0.112. The number of hydrogen-bond acceptors (Lipinski definition) is 3. The summed E-state index contributed by atoms with van der Waals surface area (Å²) < 4.78 is 0. The third-order valence-electron chi connectivity index (χ3n) is 4.18. The van der Waals surface area contributed by atoms with Crippen molar-refractivity contribution in [1.29, 1.82) is 5.26 Å². The molecule has 2 aromatic carbocycles. The minimum Gasteiger partial charge on any atom is -0.508 e. The Bertz CT molecular complexity index is 830. The first kappa shape index (κ1) is 15.8. The van der Waals surface area contributed by atoms with Gasteiger partial charge in [-0.25, -0.2) is 0 Å². The van der Waals surface area contributed by atoms with Gasteiger partial charge in [0, 0.05) is 5.69 Å². The van der Waals surface area contributed by atoms with Crippen LogP contribution >= 0.6 is 0 Å². The summed E-state index contributed by atoms with van der Waals surface area (Å²) in [5, 5.41) is 21.3. The van der Waals surface area contributed by atoms with Crippen molar-refractivity contribution in [3.05, 3.63) is 64.7 Å². The fourth-order valence-corrected chi connectivity index (χ4v) is 2.90. The maximum absolute atomic E-state index is 12.3. The molecule has 0 heterocycles. The number of phenolic OH excluding ortho intramolecular Hbond substituents is 1. The number of aromatic hydroxyl groups is 1. The molecule has 3 rings (SSSR count). The average Bonchev–Trinajstić information content (AvgIpc) is 2.61. The topological polar surface area (TPSA) is 73.1 Å². The first-order valence-electron chi connectivity index (χ1n) is 8.00. The van der Waals surface area contributed by atoms with Crippen LogP contribution in [0.5, 0.6) is 5.75 Å². The number of nitrogens with zero attached hydrogens (tertiary/aromatic N) is 1. The Hall–Kier alpha value is -3.06. The molecule has 0 bridgehead atoms. The smallest absolute Gasteiger partial charge is 0.266 e.